The second-order valence-corrected chi connectivity index (χ2v) is 7.35. The highest BCUT2D eigenvalue weighted by Crippen LogP contribution is 2.54. The molecule has 1 nitrogen and oxygen atoms in total. The van der Waals surface area contributed by atoms with Gasteiger partial charge in [-0.3, -0.25) is 4.79 Å². The van der Waals surface area contributed by atoms with Gasteiger partial charge in [-0.15, -0.1) is 0 Å². The molecule has 0 N–H and O–H groups in total. The fraction of sp³-hybridized carbons (Fsp3) is 0.929. The quantitative estimate of drug-likeness (QED) is 0.633. The van der Waals surface area contributed by atoms with Crippen LogP contribution in [-0.4, -0.2) is 5.78 Å². The smallest absolute Gasteiger partial charge is 0.139 e. The molecule has 1 unspecified atom stereocenters. The lowest BCUT2D eigenvalue weighted by Gasteiger charge is -2.44. The first kappa shape index (κ1) is 12.7. The molecule has 0 aromatic rings. The van der Waals surface area contributed by atoms with E-state index in [1.807, 2.05) is 0 Å². The number of hydrogen-bond acceptors (Lipinski definition) is 1. The molecule has 1 heteroatoms. The molecule has 0 saturated heterocycles. The molecule has 1 atom stereocenters. The van der Waals surface area contributed by atoms with Crippen LogP contribution in [0.3, 0.4) is 0 Å². The minimum absolute atomic E-state index is 0.0642. The van der Waals surface area contributed by atoms with Gasteiger partial charge in [-0.05, 0) is 30.1 Å². The molecule has 1 fully saturated rings. The number of carbonyl (C=O) groups excluding carboxylic acids is 1. The van der Waals surface area contributed by atoms with Gasteiger partial charge in [0.15, 0.2) is 0 Å². The van der Waals surface area contributed by atoms with Crippen LogP contribution >= 0.6 is 0 Å². The zero-order valence-corrected chi connectivity index (χ0v) is 11.2. The van der Waals surface area contributed by atoms with Crippen LogP contribution in [0.15, 0.2) is 0 Å². The first-order chi connectivity index (χ1) is 6.58. The van der Waals surface area contributed by atoms with Crippen molar-refractivity contribution in [1.82, 2.24) is 0 Å². The molecule has 88 valence electrons. The summed E-state index contributed by atoms with van der Waals surface area (Å²) >= 11 is 0. The number of hydrogen-bond donors (Lipinski definition) is 0. The van der Waals surface area contributed by atoms with Gasteiger partial charge in [0.2, 0.25) is 0 Å². The van der Waals surface area contributed by atoms with Crippen LogP contribution in [0.2, 0.25) is 0 Å². The summed E-state index contributed by atoms with van der Waals surface area (Å²) in [4.78, 5) is 12.2. The lowest BCUT2D eigenvalue weighted by Crippen LogP contribution is -2.42. The van der Waals surface area contributed by atoms with E-state index in [1.165, 1.54) is 0 Å². The van der Waals surface area contributed by atoms with Crippen LogP contribution in [0.1, 0.15) is 67.2 Å². The molecule has 0 heterocycles. The number of carbonyl (C=O) groups is 1. The number of Topliss-reactive ketones (excluding diaryl/α,β-unsaturated/α-hetero) is 1. The molecule has 1 rings (SSSR count). The van der Waals surface area contributed by atoms with Gasteiger partial charge >= 0.3 is 0 Å². The van der Waals surface area contributed by atoms with E-state index in [1.54, 1.807) is 0 Å². The highest BCUT2D eigenvalue weighted by Gasteiger charge is 2.51. The van der Waals surface area contributed by atoms with E-state index in [2.05, 4.69) is 41.5 Å². The summed E-state index contributed by atoms with van der Waals surface area (Å²) in [6, 6.07) is 0. The van der Waals surface area contributed by atoms with E-state index in [0.717, 1.165) is 25.7 Å². The van der Waals surface area contributed by atoms with Gasteiger partial charge in [-0.2, -0.15) is 0 Å². The van der Waals surface area contributed by atoms with E-state index in [9.17, 15) is 4.79 Å². The summed E-state index contributed by atoms with van der Waals surface area (Å²) in [6.45, 7) is 13.4. The third-order valence-corrected chi connectivity index (χ3v) is 3.81. The molecule has 1 aliphatic carbocycles. The lowest BCUT2D eigenvalue weighted by atomic mass is 9.59. The molecule has 1 aliphatic rings. The van der Waals surface area contributed by atoms with Crippen molar-refractivity contribution < 1.29 is 4.79 Å². The van der Waals surface area contributed by atoms with Crippen molar-refractivity contribution in [1.29, 1.82) is 0 Å². The second-order valence-electron chi connectivity index (χ2n) is 7.35. The third kappa shape index (κ3) is 2.43. The van der Waals surface area contributed by atoms with Gasteiger partial charge in [0.1, 0.15) is 5.78 Å². The molecular formula is C14H26O. The first-order valence-electron chi connectivity index (χ1n) is 6.12. The normalized spacial score (nSPS) is 28.5. The van der Waals surface area contributed by atoms with Crippen LogP contribution in [0, 0.1) is 16.2 Å². The predicted octanol–water partition coefficient (Wildman–Crippen LogP) is 4.21. The predicted molar refractivity (Wildman–Crippen MR) is 64.8 cm³/mol. The van der Waals surface area contributed by atoms with Crippen molar-refractivity contribution in [2.24, 2.45) is 16.2 Å². The Balaban J connectivity index is 3.03. The molecule has 0 spiro atoms. The molecular weight excluding hydrogens is 184 g/mol. The summed E-state index contributed by atoms with van der Waals surface area (Å²) in [5.41, 5.74) is 0.284. The number of ketones is 1. The van der Waals surface area contributed by atoms with E-state index in [0.29, 0.717) is 5.78 Å². The monoisotopic (exact) mass is 210 g/mol. The number of rotatable bonds is 1. The third-order valence-electron chi connectivity index (χ3n) is 3.81. The molecule has 15 heavy (non-hydrogen) atoms. The van der Waals surface area contributed by atoms with Crippen LogP contribution in [-0.2, 0) is 4.79 Å². The maximum atomic E-state index is 12.2. The Morgan fingerprint density at radius 1 is 1.13 bits per heavy atom. The summed E-state index contributed by atoms with van der Waals surface area (Å²) in [7, 11) is 0. The van der Waals surface area contributed by atoms with Crippen molar-refractivity contribution in [3.05, 3.63) is 0 Å². The van der Waals surface area contributed by atoms with E-state index in [4.69, 9.17) is 0 Å². The Morgan fingerprint density at radius 2 is 1.67 bits per heavy atom. The molecule has 0 aromatic heterocycles. The molecule has 1 saturated carbocycles. The Hall–Kier alpha value is -0.330. The highest BCUT2D eigenvalue weighted by atomic mass is 16.1. The van der Waals surface area contributed by atoms with E-state index in [-0.39, 0.29) is 16.2 Å². The lowest BCUT2D eigenvalue weighted by molar-refractivity contribution is -0.134. The van der Waals surface area contributed by atoms with Crippen molar-refractivity contribution in [2.45, 2.75) is 67.2 Å². The largest absolute Gasteiger partial charge is 0.299 e. The topological polar surface area (TPSA) is 17.1 Å². The molecule has 0 aromatic carbocycles. The molecule has 0 aliphatic heterocycles. The van der Waals surface area contributed by atoms with E-state index < -0.39 is 0 Å². The van der Waals surface area contributed by atoms with Crippen molar-refractivity contribution in [2.75, 3.05) is 0 Å². The average Bonchev–Trinajstić information content (AvgIpc) is 2.28. The van der Waals surface area contributed by atoms with Crippen molar-refractivity contribution >= 4 is 5.78 Å². The zero-order valence-electron chi connectivity index (χ0n) is 11.2. The summed E-state index contributed by atoms with van der Waals surface area (Å²) < 4.78 is 0. The molecule has 0 radical (unpaired) electrons. The van der Waals surface area contributed by atoms with Crippen LogP contribution in [0.4, 0.5) is 0 Å². The van der Waals surface area contributed by atoms with Crippen molar-refractivity contribution in [3.8, 4) is 0 Å². The minimum atomic E-state index is -0.0642. The van der Waals surface area contributed by atoms with Crippen LogP contribution < -0.4 is 0 Å². The molecule has 0 bridgehead atoms. The van der Waals surface area contributed by atoms with Gasteiger partial charge in [0.05, 0.1) is 0 Å². The maximum Gasteiger partial charge on any atom is 0.139 e. The van der Waals surface area contributed by atoms with Crippen molar-refractivity contribution in [3.63, 3.8) is 0 Å². The maximum absolute atomic E-state index is 12.2. The Labute approximate surface area is 94.6 Å². The van der Waals surface area contributed by atoms with Crippen LogP contribution in [0.5, 0.6) is 0 Å². The summed E-state index contributed by atoms with van der Waals surface area (Å²) in [5, 5.41) is 0. The Morgan fingerprint density at radius 3 is 1.93 bits per heavy atom. The van der Waals surface area contributed by atoms with Gasteiger partial charge in [0, 0.05) is 11.8 Å². The molecule has 0 amide bonds. The van der Waals surface area contributed by atoms with Gasteiger partial charge in [0.25, 0.3) is 0 Å². The fourth-order valence-electron chi connectivity index (χ4n) is 3.08. The van der Waals surface area contributed by atoms with Gasteiger partial charge in [-0.25, -0.2) is 0 Å². The standard InChI is InChI=1S/C14H26O/c1-12(2,3)10-14(13(4,5)6)9-7-8-11(14)15/h7-10H2,1-6H3. The highest BCUT2D eigenvalue weighted by molar-refractivity contribution is 5.87. The SMILES string of the molecule is CC(C)(C)CC1(C(C)(C)C)CCCC1=O. The summed E-state index contributed by atoms with van der Waals surface area (Å²) in [5.74, 6) is 0.505. The van der Waals surface area contributed by atoms with Crippen LogP contribution in [0.25, 0.3) is 0 Å². The second kappa shape index (κ2) is 3.61. The average molecular weight is 210 g/mol. The zero-order chi connectivity index (χ0) is 11.9. The minimum Gasteiger partial charge on any atom is -0.299 e. The first-order valence-corrected chi connectivity index (χ1v) is 6.12. The van der Waals surface area contributed by atoms with E-state index >= 15 is 0 Å². The van der Waals surface area contributed by atoms with Gasteiger partial charge < -0.3 is 0 Å². The fourth-order valence-corrected chi connectivity index (χ4v) is 3.08. The summed E-state index contributed by atoms with van der Waals surface area (Å²) in [6.07, 6.45) is 4.01. The Kier molecular flexibility index (Phi) is 3.06. The van der Waals surface area contributed by atoms with Gasteiger partial charge in [-0.1, -0.05) is 41.5 Å². The Bertz CT molecular complexity index is 251.